The largest absolute Gasteiger partial charge is 0.354 e. The maximum atomic E-state index is 3.90. The van der Waals surface area contributed by atoms with E-state index >= 15 is 0 Å². The van der Waals surface area contributed by atoms with Gasteiger partial charge in [-0.25, -0.2) is 0 Å². The van der Waals surface area contributed by atoms with Gasteiger partial charge in [0.05, 0.1) is 16.6 Å². The first-order valence-corrected chi connectivity index (χ1v) is 19.4. The Labute approximate surface area is 326 Å². The zero-order chi connectivity index (χ0) is 36.8. The lowest BCUT2D eigenvalue weighted by atomic mass is 9.54. The second-order valence-corrected chi connectivity index (χ2v) is 15.1. The van der Waals surface area contributed by atoms with E-state index in [1.54, 1.807) is 0 Å². The van der Waals surface area contributed by atoms with Crippen LogP contribution in [0.15, 0.2) is 200 Å². The lowest BCUT2D eigenvalue weighted by Gasteiger charge is -2.49. The van der Waals surface area contributed by atoms with Gasteiger partial charge in [-0.1, -0.05) is 175 Å². The number of anilines is 3. The molecule has 259 valence electrons. The van der Waals surface area contributed by atoms with Gasteiger partial charge in [-0.15, -0.1) is 0 Å². The maximum absolute atomic E-state index is 3.90. The summed E-state index contributed by atoms with van der Waals surface area (Å²) < 4.78 is 0. The van der Waals surface area contributed by atoms with Gasteiger partial charge in [0.2, 0.25) is 0 Å². The SMILES string of the molecule is [B]1c2cccc3c2N(c2ccccc2C3(c2ccccc2)c2ccccc2)c2cc(-c3ccccc3)cc(-c3cccc4c3[nH]c3cc5ccccc5cc34)c21. The standard InChI is InChI=1S/C53H34BN2/c1-4-16-34(17-5-1)37-31-43(41-25-14-24-40-42-30-35-18-10-11-19-36(35)32-47(42)55-51(40)41)50-49(33-37)56-48-29-13-12-26-44(48)53(38-20-6-2-7-21-38,39-22-8-3-9-23-39)45-27-15-28-46(54-50)52(45)56/h1-33,55H. The molecule has 10 aromatic rings. The van der Waals surface area contributed by atoms with Gasteiger partial charge in [0.15, 0.2) is 7.28 Å². The number of aromatic nitrogens is 1. The molecule has 2 nitrogen and oxygen atoms in total. The van der Waals surface area contributed by atoms with Crippen molar-refractivity contribution in [2.24, 2.45) is 0 Å². The molecule has 3 heteroatoms. The third-order valence-electron chi connectivity index (χ3n) is 12.3. The quantitative estimate of drug-likeness (QED) is 0.180. The van der Waals surface area contributed by atoms with E-state index in [0.717, 1.165) is 11.0 Å². The van der Waals surface area contributed by atoms with Crippen LogP contribution in [-0.2, 0) is 5.41 Å². The second kappa shape index (κ2) is 12.0. The molecule has 1 N–H and O–H groups in total. The van der Waals surface area contributed by atoms with Crippen molar-refractivity contribution in [1.29, 1.82) is 0 Å². The summed E-state index contributed by atoms with van der Waals surface area (Å²) in [6.07, 6.45) is 0. The van der Waals surface area contributed by atoms with Crippen LogP contribution in [0.25, 0.3) is 54.8 Å². The zero-order valence-electron chi connectivity index (χ0n) is 30.6. The van der Waals surface area contributed by atoms with Crippen LogP contribution in [0, 0.1) is 0 Å². The minimum absolute atomic E-state index is 0.522. The van der Waals surface area contributed by atoms with Crippen LogP contribution in [0.5, 0.6) is 0 Å². The van der Waals surface area contributed by atoms with Crippen molar-refractivity contribution in [3.8, 4) is 22.3 Å². The molecule has 0 bridgehead atoms. The molecule has 0 spiro atoms. The van der Waals surface area contributed by atoms with Crippen LogP contribution < -0.4 is 15.8 Å². The van der Waals surface area contributed by atoms with Crippen molar-refractivity contribution in [1.82, 2.24) is 4.98 Å². The fourth-order valence-electron chi connectivity index (χ4n) is 9.88. The highest BCUT2D eigenvalue weighted by Gasteiger charge is 2.48. The maximum Gasteiger partial charge on any atom is 0.197 e. The molecule has 12 rings (SSSR count). The Balaban J connectivity index is 1.17. The first-order valence-electron chi connectivity index (χ1n) is 19.4. The lowest BCUT2D eigenvalue weighted by Crippen LogP contribution is -2.47. The normalized spacial score (nSPS) is 13.6. The third kappa shape index (κ3) is 4.34. The fourth-order valence-corrected chi connectivity index (χ4v) is 9.88. The van der Waals surface area contributed by atoms with Crippen LogP contribution in [0.2, 0.25) is 0 Å². The van der Waals surface area contributed by atoms with Crippen molar-refractivity contribution >= 4 is 67.8 Å². The average molecular weight is 710 g/mol. The Morgan fingerprint density at radius 3 is 1.86 bits per heavy atom. The Kier molecular flexibility index (Phi) is 6.67. The van der Waals surface area contributed by atoms with E-state index in [1.165, 1.54) is 94.0 Å². The van der Waals surface area contributed by atoms with Gasteiger partial charge in [-0.05, 0) is 85.5 Å². The number of fused-ring (bicyclic) bond motifs is 8. The van der Waals surface area contributed by atoms with Crippen molar-refractivity contribution in [3.05, 3.63) is 222 Å². The fraction of sp³-hybridized carbons (Fsp3) is 0.0189. The highest BCUT2D eigenvalue weighted by atomic mass is 15.2. The Hall–Kier alpha value is -7.10. The number of rotatable bonds is 4. The predicted molar refractivity (Wildman–Crippen MR) is 236 cm³/mol. The van der Waals surface area contributed by atoms with Crippen LogP contribution in [0.4, 0.5) is 17.1 Å². The number of hydrogen-bond acceptors (Lipinski definition) is 1. The second-order valence-electron chi connectivity index (χ2n) is 15.1. The average Bonchev–Trinajstić information content (AvgIpc) is 3.64. The third-order valence-corrected chi connectivity index (χ3v) is 12.3. The van der Waals surface area contributed by atoms with Gasteiger partial charge >= 0.3 is 0 Å². The molecule has 0 unspecified atom stereocenters. The summed E-state index contributed by atoms with van der Waals surface area (Å²) in [6, 6.07) is 73.9. The Morgan fingerprint density at radius 2 is 1.09 bits per heavy atom. The van der Waals surface area contributed by atoms with E-state index < -0.39 is 5.41 Å². The summed E-state index contributed by atoms with van der Waals surface area (Å²) in [6.45, 7) is 0. The van der Waals surface area contributed by atoms with E-state index in [2.05, 4.69) is 217 Å². The molecule has 56 heavy (non-hydrogen) atoms. The minimum Gasteiger partial charge on any atom is -0.354 e. The van der Waals surface area contributed by atoms with E-state index in [-0.39, 0.29) is 0 Å². The lowest BCUT2D eigenvalue weighted by molar-refractivity contribution is 0.732. The first-order chi connectivity index (χ1) is 27.8. The number of para-hydroxylation sites is 3. The van der Waals surface area contributed by atoms with Gasteiger partial charge in [-0.3, -0.25) is 0 Å². The molecule has 0 saturated heterocycles. The molecular weight excluding hydrogens is 675 g/mol. The number of H-pyrrole nitrogens is 1. The van der Waals surface area contributed by atoms with Gasteiger partial charge in [-0.2, -0.15) is 0 Å². The van der Waals surface area contributed by atoms with Crippen molar-refractivity contribution in [2.45, 2.75) is 5.41 Å². The zero-order valence-corrected chi connectivity index (χ0v) is 30.6. The van der Waals surface area contributed by atoms with Crippen LogP contribution in [0.1, 0.15) is 22.3 Å². The van der Waals surface area contributed by atoms with Gasteiger partial charge in [0.1, 0.15) is 0 Å². The number of hydrogen-bond donors (Lipinski definition) is 1. The molecule has 3 heterocycles. The molecule has 0 aliphatic carbocycles. The van der Waals surface area contributed by atoms with Crippen LogP contribution >= 0.6 is 0 Å². The predicted octanol–water partition coefficient (Wildman–Crippen LogP) is 11.9. The van der Waals surface area contributed by atoms with Gasteiger partial charge in [0, 0.05) is 33.2 Å². The molecule has 1 radical (unpaired) electrons. The van der Waals surface area contributed by atoms with E-state index in [1.807, 2.05) is 0 Å². The van der Waals surface area contributed by atoms with Crippen molar-refractivity contribution in [3.63, 3.8) is 0 Å². The molecule has 1 aromatic heterocycles. The van der Waals surface area contributed by atoms with E-state index in [4.69, 9.17) is 0 Å². The number of aromatic amines is 1. The summed E-state index contributed by atoms with van der Waals surface area (Å²) in [5.74, 6) is 0. The highest BCUT2D eigenvalue weighted by molar-refractivity contribution is 6.73. The van der Waals surface area contributed by atoms with Crippen molar-refractivity contribution in [2.75, 3.05) is 4.90 Å². The highest BCUT2D eigenvalue weighted by Crippen LogP contribution is 2.58. The monoisotopic (exact) mass is 709 g/mol. The summed E-state index contributed by atoms with van der Waals surface area (Å²) >= 11 is 0. The molecular formula is C53H34BN2. The first kappa shape index (κ1) is 31.3. The topological polar surface area (TPSA) is 19.0 Å². The minimum atomic E-state index is -0.522. The molecule has 0 amide bonds. The number of nitrogens with zero attached hydrogens (tertiary/aromatic N) is 1. The summed E-state index contributed by atoms with van der Waals surface area (Å²) in [5.41, 5.74) is 17.7. The van der Waals surface area contributed by atoms with Crippen molar-refractivity contribution < 1.29 is 0 Å². The molecule has 2 aliphatic heterocycles. The molecule has 9 aromatic carbocycles. The summed E-state index contributed by atoms with van der Waals surface area (Å²) in [7, 11) is 2.44. The van der Waals surface area contributed by atoms with Gasteiger partial charge in [0.25, 0.3) is 0 Å². The number of benzene rings is 9. The molecule has 0 fully saturated rings. The van der Waals surface area contributed by atoms with Crippen LogP contribution in [0.3, 0.4) is 0 Å². The molecule has 0 saturated carbocycles. The summed E-state index contributed by atoms with van der Waals surface area (Å²) in [5, 5.41) is 4.97. The molecule has 0 atom stereocenters. The Morgan fingerprint density at radius 1 is 0.446 bits per heavy atom. The molecule has 2 aliphatic rings. The summed E-state index contributed by atoms with van der Waals surface area (Å²) in [4.78, 5) is 6.47. The van der Waals surface area contributed by atoms with E-state index in [0.29, 0.717) is 0 Å². The Bertz CT molecular complexity index is 3130. The van der Waals surface area contributed by atoms with E-state index in [9.17, 15) is 0 Å². The van der Waals surface area contributed by atoms with Crippen LogP contribution in [-0.4, -0.2) is 12.3 Å². The smallest absolute Gasteiger partial charge is 0.197 e. The van der Waals surface area contributed by atoms with Gasteiger partial charge < -0.3 is 9.88 Å². The number of nitrogens with one attached hydrogen (secondary N) is 1.